The van der Waals surface area contributed by atoms with Crippen LogP contribution in [0.1, 0.15) is 20.7 Å². The maximum atomic E-state index is 12.0. The molecule has 6 N–H and O–H groups in total. The van der Waals surface area contributed by atoms with Gasteiger partial charge in [0.15, 0.2) is 0 Å². The number of aromatic hydroxyl groups is 1. The summed E-state index contributed by atoms with van der Waals surface area (Å²) in [5, 5.41) is 28.8. The van der Waals surface area contributed by atoms with Crippen LogP contribution in [0.2, 0.25) is 0 Å². The molecule has 9 nitrogen and oxygen atoms in total. The molecule has 0 spiro atoms. The molecule has 1 heterocycles. The Morgan fingerprint density at radius 1 is 1.21 bits per heavy atom. The Balaban J connectivity index is 3.05. The highest BCUT2D eigenvalue weighted by atomic mass is 79.9. The lowest BCUT2D eigenvalue weighted by molar-refractivity contribution is 0.0695. The van der Waals surface area contributed by atoms with Crippen molar-refractivity contribution in [3.05, 3.63) is 38.1 Å². The average Bonchev–Trinajstić information content (AvgIpc) is 2.45. The molecule has 126 valence electrons. The highest BCUT2D eigenvalue weighted by Gasteiger charge is 2.28. The van der Waals surface area contributed by atoms with Crippen LogP contribution in [0.15, 0.2) is 21.4 Å². The fourth-order valence-electron chi connectivity index (χ4n) is 2.22. The maximum absolute atomic E-state index is 12.0. The lowest BCUT2D eigenvalue weighted by Gasteiger charge is -2.15. The number of nitrogen functional groups attached to an aromatic ring is 1. The van der Waals surface area contributed by atoms with Crippen LogP contribution in [0.3, 0.4) is 0 Å². The molecule has 0 aliphatic heterocycles. The normalized spacial score (nSPS) is 10.4. The van der Waals surface area contributed by atoms with E-state index in [0.717, 1.165) is 0 Å². The molecule has 0 radical (unpaired) electrons. The minimum Gasteiger partial charge on any atom is -0.507 e. The zero-order chi connectivity index (χ0) is 18.2. The number of phenolic OH excluding ortho intramolecular Hbond substituents is 1. The third kappa shape index (κ3) is 2.78. The summed E-state index contributed by atoms with van der Waals surface area (Å²) in [5.74, 6) is -4.04. The van der Waals surface area contributed by atoms with Crippen LogP contribution in [-0.4, -0.2) is 39.4 Å². The lowest BCUT2D eigenvalue weighted by Crippen LogP contribution is -2.24. The number of aromatic carboxylic acids is 2. The van der Waals surface area contributed by atoms with Gasteiger partial charge in [0.1, 0.15) is 28.4 Å². The molecular weight excluding hydrogens is 388 g/mol. The monoisotopic (exact) mass is 398 g/mol. The van der Waals surface area contributed by atoms with Gasteiger partial charge in [0, 0.05) is 11.1 Å². The molecule has 1 aromatic carbocycles. The van der Waals surface area contributed by atoms with Crippen LogP contribution in [0.25, 0.3) is 11.1 Å². The largest absolute Gasteiger partial charge is 0.507 e. The number of ether oxygens (including phenoxy) is 1. The fourth-order valence-corrected chi connectivity index (χ4v) is 2.71. The van der Waals surface area contributed by atoms with E-state index in [1.807, 2.05) is 4.98 Å². The Morgan fingerprint density at radius 2 is 1.79 bits per heavy atom. The zero-order valence-electron chi connectivity index (χ0n) is 12.1. The summed E-state index contributed by atoms with van der Waals surface area (Å²) in [5.41, 5.74) is 2.19. The van der Waals surface area contributed by atoms with E-state index in [-0.39, 0.29) is 11.3 Å². The van der Waals surface area contributed by atoms with E-state index < -0.39 is 45.8 Å². The number of halogens is 1. The first-order chi connectivity index (χ1) is 11.2. The van der Waals surface area contributed by atoms with Crippen LogP contribution in [0, 0.1) is 0 Å². The molecule has 1 aromatic heterocycles. The standard InChI is InChI=1S/C14H11BrN2O7/c1-24-7-2-4(6(18)3-5(7)15)8-9(13(20)21)11(16)17-12(19)10(8)14(22)23/h2-3,18H,1H3,(H,20,21)(H,22,23)(H3,16,17,19). The number of aromatic amines is 1. The van der Waals surface area contributed by atoms with E-state index in [9.17, 15) is 29.7 Å². The molecule has 0 unspecified atom stereocenters. The van der Waals surface area contributed by atoms with Crippen molar-refractivity contribution in [1.29, 1.82) is 0 Å². The molecule has 0 fully saturated rings. The van der Waals surface area contributed by atoms with Gasteiger partial charge < -0.3 is 30.8 Å². The summed E-state index contributed by atoms with van der Waals surface area (Å²) >= 11 is 3.13. The quantitative estimate of drug-likeness (QED) is 0.516. The number of carboxylic acid groups (broad SMARTS) is 2. The number of anilines is 1. The molecule has 2 aromatic rings. The van der Waals surface area contributed by atoms with Crippen LogP contribution >= 0.6 is 15.9 Å². The first kappa shape index (κ1) is 17.3. The topological polar surface area (TPSA) is 163 Å². The molecule has 10 heteroatoms. The minimum absolute atomic E-state index is 0.189. The van der Waals surface area contributed by atoms with Gasteiger partial charge in [0.05, 0.1) is 11.6 Å². The third-order valence-electron chi connectivity index (χ3n) is 3.21. The van der Waals surface area contributed by atoms with Crippen LogP contribution in [0.5, 0.6) is 11.5 Å². The second-order valence-corrected chi connectivity index (χ2v) is 5.46. The molecule has 0 bridgehead atoms. The second kappa shape index (κ2) is 6.24. The van der Waals surface area contributed by atoms with Gasteiger partial charge in [-0.3, -0.25) is 4.79 Å². The predicted molar refractivity (Wildman–Crippen MR) is 86.7 cm³/mol. The number of pyridine rings is 1. The number of H-pyrrole nitrogens is 1. The van der Waals surface area contributed by atoms with Crippen molar-refractivity contribution in [2.24, 2.45) is 0 Å². The number of hydrogen-bond donors (Lipinski definition) is 5. The molecule has 0 saturated carbocycles. The average molecular weight is 399 g/mol. The van der Waals surface area contributed by atoms with Gasteiger partial charge in [-0.15, -0.1) is 0 Å². The summed E-state index contributed by atoms with van der Waals surface area (Å²) in [6.45, 7) is 0. The van der Waals surface area contributed by atoms with E-state index in [2.05, 4.69) is 15.9 Å². The smallest absolute Gasteiger partial charge is 0.342 e. The number of rotatable bonds is 4. The van der Waals surface area contributed by atoms with E-state index in [1.54, 1.807) is 0 Å². The predicted octanol–water partition coefficient (Wildman–Crippen LogP) is 1.50. The van der Waals surface area contributed by atoms with Crippen LogP contribution < -0.4 is 16.0 Å². The fraction of sp³-hybridized carbons (Fsp3) is 0.0714. The Labute approximate surface area is 142 Å². The summed E-state index contributed by atoms with van der Waals surface area (Å²) in [4.78, 5) is 36.9. The number of benzene rings is 1. The summed E-state index contributed by atoms with van der Waals surface area (Å²) < 4.78 is 5.40. The summed E-state index contributed by atoms with van der Waals surface area (Å²) in [7, 11) is 1.32. The second-order valence-electron chi connectivity index (χ2n) is 4.61. The molecule has 2 rings (SSSR count). The van der Waals surface area contributed by atoms with Gasteiger partial charge in [-0.05, 0) is 28.1 Å². The van der Waals surface area contributed by atoms with Gasteiger partial charge in [0.2, 0.25) is 0 Å². The van der Waals surface area contributed by atoms with Crippen molar-refractivity contribution in [1.82, 2.24) is 4.98 Å². The third-order valence-corrected chi connectivity index (χ3v) is 3.83. The number of phenols is 1. The zero-order valence-corrected chi connectivity index (χ0v) is 13.7. The van der Waals surface area contributed by atoms with Crippen molar-refractivity contribution < 1.29 is 29.6 Å². The Bertz CT molecular complexity index is 920. The number of nitrogens with two attached hydrogens (primary N) is 1. The van der Waals surface area contributed by atoms with Gasteiger partial charge >= 0.3 is 11.9 Å². The summed E-state index contributed by atoms with van der Waals surface area (Å²) in [6, 6.07) is 2.38. The Kier molecular flexibility index (Phi) is 4.51. The van der Waals surface area contributed by atoms with Crippen LogP contribution in [-0.2, 0) is 0 Å². The van der Waals surface area contributed by atoms with E-state index in [0.29, 0.717) is 4.47 Å². The maximum Gasteiger partial charge on any atom is 0.342 e. The van der Waals surface area contributed by atoms with Crippen LogP contribution in [0.4, 0.5) is 5.82 Å². The van der Waals surface area contributed by atoms with Gasteiger partial charge in [-0.25, -0.2) is 9.59 Å². The van der Waals surface area contributed by atoms with E-state index >= 15 is 0 Å². The first-order valence-electron chi connectivity index (χ1n) is 6.28. The van der Waals surface area contributed by atoms with E-state index in [1.165, 1.54) is 19.2 Å². The number of carboxylic acids is 2. The Morgan fingerprint density at radius 3 is 2.29 bits per heavy atom. The van der Waals surface area contributed by atoms with Gasteiger partial charge in [-0.1, -0.05) is 0 Å². The van der Waals surface area contributed by atoms with E-state index in [4.69, 9.17) is 10.5 Å². The lowest BCUT2D eigenvalue weighted by atomic mass is 9.94. The van der Waals surface area contributed by atoms with Crippen molar-refractivity contribution in [3.8, 4) is 22.6 Å². The molecule has 0 atom stereocenters. The number of nitrogens with one attached hydrogen (secondary N) is 1. The molecule has 0 aliphatic rings. The van der Waals surface area contributed by atoms with Crippen molar-refractivity contribution in [2.45, 2.75) is 0 Å². The SMILES string of the molecule is COc1cc(-c2c(C(=O)O)c(N)[nH]c(=O)c2C(=O)O)c(O)cc1Br. The highest BCUT2D eigenvalue weighted by molar-refractivity contribution is 9.10. The minimum atomic E-state index is -1.67. The molecular formula is C14H11BrN2O7. The van der Waals surface area contributed by atoms with Crippen molar-refractivity contribution in [2.75, 3.05) is 12.8 Å². The number of methoxy groups -OCH3 is 1. The molecule has 24 heavy (non-hydrogen) atoms. The summed E-state index contributed by atoms with van der Waals surface area (Å²) in [6.07, 6.45) is 0. The molecule has 0 aliphatic carbocycles. The number of hydrogen-bond acceptors (Lipinski definition) is 6. The molecule has 0 saturated heterocycles. The highest BCUT2D eigenvalue weighted by Crippen LogP contribution is 2.41. The first-order valence-corrected chi connectivity index (χ1v) is 7.07. The Hall–Kier alpha value is -3.01. The van der Waals surface area contributed by atoms with Gasteiger partial charge in [0.25, 0.3) is 5.56 Å². The van der Waals surface area contributed by atoms with Crippen molar-refractivity contribution >= 4 is 33.7 Å². The number of aromatic nitrogens is 1. The number of carbonyl (C=O) groups is 2. The van der Waals surface area contributed by atoms with Gasteiger partial charge in [-0.2, -0.15) is 0 Å². The van der Waals surface area contributed by atoms with Crippen molar-refractivity contribution in [3.63, 3.8) is 0 Å². The molecule has 0 amide bonds.